The molecule has 0 radical (unpaired) electrons. The minimum absolute atomic E-state index is 0.0554. The lowest BCUT2D eigenvalue weighted by atomic mass is 10.1. The van der Waals surface area contributed by atoms with Gasteiger partial charge in [-0.15, -0.1) is 13.2 Å². The van der Waals surface area contributed by atoms with Crippen molar-refractivity contribution >= 4 is 38.2 Å². The van der Waals surface area contributed by atoms with Gasteiger partial charge >= 0.3 is 6.36 Å². The highest BCUT2D eigenvalue weighted by Crippen LogP contribution is 2.32. The van der Waals surface area contributed by atoms with Crippen LogP contribution in [0.4, 0.5) is 24.5 Å². The predicted molar refractivity (Wildman–Crippen MR) is 128 cm³/mol. The van der Waals surface area contributed by atoms with E-state index in [1.807, 2.05) is 0 Å². The fourth-order valence-electron chi connectivity index (χ4n) is 3.63. The maximum Gasteiger partial charge on any atom is 0.573 e. The molecule has 36 heavy (non-hydrogen) atoms. The number of alkyl halides is 3. The number of ether oxygens (including phenoxy) is 1. The Morgan fingerprint density at radius 2 is 1.86 bits per heavy atom. The molecule has 4 rings (SSSR count). The quantitative estimate of drug-likeness (QED) is 0.389. The minimum atomic E-state index is -4.81. The average Bonchev–Trinajstić information content (AvgIpc) is 3.19. The lowest BCUT2D eigenvalue weighted by Gasteiger charge is -2.14. The number of rotatable bonds is 6. The monoisotopic (exact) mass is 518 g/mol. The number of nitrogens with one attached hydrogen (secondary N) is 1. The zero-order valence-electron chi connectivity index (χ0n) is 19.4. The normalized spacial score (nSPS) is 11.9. The van der Waals surface area contributed by atoms with Gasteiger partial charge in [-0.3, -0.25) is 9.78 Å². The van der Waals surface area contributed by atoms with Crippen molar-refractivity contribution in [2.45, 2.75) is 18.2 Å². The van der Waals surface area contributed by atoms with Gasteiger partial charge in [0.15, 0.2) is 0 Å². The summed E-state index contributed by atoms with van der Waals surface area (Å²) < 4.78 is 69.3. The molecule has 188 valence electrons. The number of carbonyl (C=O) groups excluding carboxylic acids is 1. The highest BCUT2D eigenvalue weighted by Gasteiger charge is 2.31. The second-order valence-electron chi connectivity index (χ2n) is 8.11. The number of aryl methyl sites for hydroxylation is 1. The second-order valence-corrected chi connectivity index (χ2v) is 9.93. The molecule has 0 spiro atoms. The Labute approximate surface area is 205 Å². The maximum atomic E-state index is 13.4. The highest BCUT2D eigenvalue weighted by atomic mass is 32.2. The molecular weight excluding hydrogens is 497 g/mol. The number of carbonyl (C=O) groups is 1. The average molecular weight is 519 g/mol. The number of benzene rings is 2. The van der Waals surface area contributed by atoms with Gasteiger partial charge in [0.25, 0.3) is 15.9 Å². The maximum absolute atomic E-state index is 13.4. The first-order valence-electron chi connectivity index (χ1n) is 10.5. The Hall–Kier alpha value is -4.06. The van der Waals surface area contributed by atoms with Crippen molar-refractivity contribution in [1.29, 1.82) is 0 Å². The number of halogens is 3. The fourth-order valence-corrected chi connectivity index (χ4v) is 4.95. The third-order valence-corrected chi connectivity index (χ3v) is 6.97. The van der Waals surface area contributed by atoms with Gasteiger partial charge in [0.2, 0.25) is 0 Å². The predicted octanol–water partition coefficient (Wildman–Crippen LogP) is 4.93. The molecule has 0 aliphatic heterocycles. The first kappa shape index (κ1) is 25.0. The molecule has 0 bridgehead atoms. The molecule has 12 heteroatoms. The molecule has 0 saturated carbocycles. The van der Waals surface area contributed by atoms with Gasteiger partial charge in [-0.25, -0.2) is 12.4 Å². The molecule has 0 atom stereocenters. The topological polar surface area (TPSA) is 93.5 Å². The SMILES string of the molecule is Cc1cc(OC(F)(F)F)ccc1Nc1ccc2c(C(=O)N(C)C)cn(S(=O)(=O)c3cccnc3)c2c1. The molecule has 1 N–H and O–H groups in total. The third kappa shape index (κ3) is 4.98. The summed E-state index contributed by atoms with van der Waals surface area (Å²) in [7, 11) is -0.969. The molecule has 0 unspecified atom stereocenters. The van der Waals surface area contributed by atoms with Crippen molar-refractivity contribution in [2.75, 3.05) is 19.4 Å². The number of fused-ring (bicyclic) bond motifs is 1. The van der Waals surface area contributed by atoms with Crippen LogP contribution in [0.1, 0.15) is 15.9 Å². The number of nitrogens with zero attached hydrogens (tertiary/aromatic N) is 3. The molecule has 4 aromatic rings. The van der Waals surface area contributed by atoms with Gasteiger partial charge in [0, 0.05) is 49.4 Å². The van der Waals surface area contributed by atoms with E-state index in [4.69, 9.17) is 0 Å². The van der Waals surface area contributed by atoms with Gasteiger partial charge in [0.1, 0.15) is 10.6 Å². The number of aromatic nitrogens is 2. The van der Waals surface area contributed by atoms with E-state index >= 15 is 0 Å². The summed E-state index contributed by atoms with van der Waals surface area (Å²) in [6, 6.07) is 11.5. The first-order chi connectivity index (χ1) is 16.9. The molecule has 8 nitrogen and oxygen atoms in total. The van der Waals surface area contributed by atoms with Crippen LogP contribution in [0.2, 0.25) is 0 Å². The Balaban J connectivity index is 1.80. The molecule has 1 amide bonds. The molecule has 2 aromatic heterocycles. The van der Waals surface area contributed by atoms with Crippen LogP contribution in [-0.4, -0.2) is 48.6 Å². The molecule has 2 aromatic carbocycles. The number of hydrogen-bond donors (Lipinski definition) is 1. The van der Waals surface area contributed by atoms with E-state index in [-0.39, 0.29) is 27.6 Å². The number of pyridine rings is 1. The number of amides is 1. The van der Waals surface area contributed by atoms with E-state index in [0.29, 0.717) is 22.3 Å². The fraction of sp³-hybridized carbons (Fsp3) is 0.167. The van der Waals surface area contributed by atoms with E-state index < -0.39 is 16.4 Å². The summed E-state index contributed by atoms with van der Waals surface area (Å²) in [5, 5.41) is 3.50. The lowest BCUT2D eigenvalue weighted by Crippen LogP contribution is -2.21. The van der Waals surface area contributed by atoms with Crippen molar-refractivity contribution in [3.05, 3.63) is 78.2 Å². The highest BCUT2D eigenvalue weighted by molar-refractivity contribution is 7.90. The van der Waals surface area contributed by atoms with E-state index in [2.05, 4.69) is 15.0 Å². The summed E-state index contributed by atoms with van der Waals surface area (Å²) >= 11 is 0. The van der Waals surface area contributed by atoms with Crippen molar-refractivity contribution in [2.24, 2.45) is 0 Å². The van der Waals surface area contributed by atoms with Crippen LogP contribution in [0.5, 0.6) is 5.75 Å². The van der Waals surface area contributed by atoms with E-state index in [9.17, 15) is 26.4 Å². The molecule has 0 saturated heterocycles. The van der Waals surface area contributed by atoms with Crippen LogP contribution in [0.25, 0.3) is 10.9 Å². The molecule has 2 heterocycles. The summed E-state index contributed by atoms with van der Waals surface area (Å²) in [6.45, 7) is 1.60. The molecule has 0 aliphatic rings. The third-order valence-electron chi connectivity index (χ3n) is 5.31. The van der Waals surface area contributed by atoms with E-state index in [0.717, 1.165) is 3.97 Å². The van der Waals surface area contributed by atoms with Crippen LogP contribution in [0, 0.1) is 6.92 Å². The molecule has 0 aliphatic carbocycles. The van der Waals surface area contributed by atoms with Crippen molar-refractivity contribution < 1.29 is 31.1 Å². The smallest absolute Gasteiger partial charge is 0.406 e. The summed E-state index contributed by atoms with van der Waals surface area (Å²) in [4.78, 5) is 18.0. The van der Waals surface area contributed by atoms with E-state index in [1.165, 1.54) is 53.8 Å². The van der Waals surface area contributed by atoms with Gasteiger partial charge in [-0.2, -0.15) is 0 Å². The first-order valence-corrected chi connectivity index (χ1v) is 12.0. The molecular formula is C24H21F3N4O4S. The minimum Gasteiger partial charge on any atom is -0.406 e. The standard InChI is InChI=1S/C24H21F3N4O4S/c1-15-11-17(35-24(25,26)27)7-9-21(15)29-16-6-8-19-20(23(32)30(2)3)14-31(22(19)12-16)36(33,34)18-5-4-10-28-13-18/h4-14,29H,1-3H3. The Kier molecular flexibility index (Phi) is 6.39. The van der Waals surface area contributed by atoms with Crippen molar-refractivity contribution in [1.82, 2.24) is 13.9 Å². The Morgan fingerprint density at radius 3 is 2.47 bits per heavy atom. The van der Waals surface area contributed by atoms with Gasteiger partial charge in [-0.05, 0) is 61.0 Å². The van der Waals surface area contributed by atoms with Gasteiger partial charge in [0.05, 0.1) is 11.1 Å². The zero-order valence-corrected chi connectivity index (χ0v) is 20.2. The largest absolute Gasteiger partial charge is 0.573 e. The zero-order chi connectivity index (χ0) is 26.3. The number of hydrogen-bond acceptors (Lipinski definition) is 6. The van der Waals surface area contributed by atoms with E-state index in [1.54, 1.807) is 39.2 Å². The Bertz CT molecular complexity index is 1550. The van der Waals surface area contributed by atoms with Gasteiger partial charge in [-0.1, -0.05) is 0 Å². The second kappa shape index (κ2) is 9.19. The lowest BCUT2D eigenvalue weighted by molar-refractivity contribution is -0.274. The summed E-state index contributed by atoms with van der Waals surface area (Å²) in [6.07, 6.45) is -0.874. The van der Waals surface area contributed by atoms with Crippen LogP contribution in [0.15, 0.2) is 72.0 Å². The van der Waals surface area contributed by atoms with Crippen LogP contribution >= 0.6 is 0 Å². The molecule has 0 fully saturated rings. The van der Waals surface area contributed by atoms with Gasteiger partial charge < -0.3 is 15.0 Å². The summed E-state index contributed by atoms with van der Waals surface area (Å²) in [5.41, 5.74) is 1.85. The number of anilines is 2. The van der Waals surface area contributed by atoms with Crippen LogP contribution in [0.3, 0.4) is 0 Å². The van der Waals surface area contributed by atoms with Crippen LogP contribution < -0.4 is 10.1 Å². The summed E-state index contributed by atoms with van der Waals surface area (Å²) in [5.74, 6) is -0.735. The Morgan fingerprint density at radius 1 is 1.11 bits per heavy atom. The van der Waals surface area contributed by atoms with Crippen molar-refractivity contribution in [3.8, 4) is 5.75 Å². The van der Waals surface area contributed by atoms with Crippen molar-refractivity contribution in [3.63, 3.8) is 0 Å². The van der Waals surface area contributed by atoms with Crippen LogP contribution in [-0.2, 0) is 10.0 Å².